The highest BCUT2D eigenvalue weighted by Crippen LogP contribution is 2.58. The monoisotopic (exact) mass is 606 g/mol. The Labute approximate surface area is 255 Å². The number of carbonyl (C=O) groups excluding carboxylic acids is 5. The maximum absolute atomic E-state index is 15.0. The summed E-state index contributed by atoms with van der Waals surface area (Å²) in [6, 6.07) is 0. The third-order valence-electron chi connectivity index (χ3n) is 9.71. The molecule has 10 heteroatoms. The Morgan fingerprint density at radius 1 is 1.02 bits per heavy atom. The normalized spacial score (nSPS) is 34.4. The van der Waals surface area contributed by atoms with Crippen LogP contribution in [0.5, 0.6) is 0 Å². The molecule has 242 valence electrons. The molecule has 1 saturated heterocycles. The maximum atomic E-state index is 15.0. The molecule has 9 atom stereocenters. The smallest absolute Gasteiger partial charge is 0.311 e. The lowest BCUT2D eigenvalue weighted by molar-refractivity contribution is -0.212. The second-order valence-electron chi connectivity index (χ2n) is 12.7. The van der Waals surface area contributed by atoms with Crippen LogP contribution in [-0.2, 0) is 47.7 Å². The number of rotatable bonds is 11. The third-order valence-corrected chi connectivity index (χ3v) is 9.71. The molecule has 3 rings (SSSR count). The zero-order valence-corrected chi connectivity index (χ0v) is 27.1. The molecule has 10 nitrogen and oxygen atoms in total. The van der Waals surface area contributed by atoms with Crippen LogP contribution >= 0.6 is 0 Å². The van der Waals surface area contributed by atoms with Gasteiger partial charge < -0.3 is 23.7 Å². The molecule has 1 aliphatic heterocycles. The number of epoxide rings is 1. The molecule has 0 aromatic carbocycles. The van der Waals surface area contributed by atoms with Crippen LogP contribution in [0.15, 0.2) is 11.6 Å². The van der Waals surface area contributed by atoms with Crippen LogP contribution in [0.4, 0.5) is 0 Å². The molecule has 0 amide bonds. The Hall–Kier alpha value is -2.75. The molecule has 0 spiro atoms. The first-order valence-corrected chi connectivity index (χ1v) is 15.8. The number of Topliss-reactive ketones (excluding diaryl/α,β-unsaturated/α-hetero) is 1. The number of fused-ring (bicyclic) bond motifs is 2. The van der Waals surface area contributed by atoms with Crippen molar-refractivity contribution in [2.45, 2.75) is 136 Å². The van der Waals surface area contributed by atoms with Gasteiger partial charge in [0.05, 0.1) is 18.4 Å². The van der Waals surface area contributed by atoms with E-state index in [1.807, 2.05) is 40.7 Å². The Morgan fingerprint density at radius 2 is 1.70 bits per heavy atom. The first-order valence-electron chi connectivity index (χ1n) is 15.8. The Kier molecular flexibility index (Phi) is 11.6. The lowest BCUT2D eigenvalue weighted by Crippen LogP contribution is -2.64. The summed E-state index contributed by atoms with van der Waals surface area (Å²) < 4.78 is 29.2. The van der Waals surface area contributed by atoms with Crippen LogP contribution in [0.2, 0.25) is 0 Å². The molecule has 0 bridgehead atoms. The number of unbranched alkanes of at least 4 members (excludes halogenated alkanes) is 2. The van der Waals surface area contributed by atoms with Gasteiger partial charge in [-0.2, -0.15) is 0 Å². The SMILES string of the molecule is CCCCCC(=O)OC1CC(OC(C)=O)C2(C)C(OC(=O)CCC)CCC(C)=CC3OC3(C(C)C(=O)OC)C(=O)C2C1C. The molecule has 9 unspecified atom stereocenters. The second-order valence-corrected chi connectivity index (χ2v) is 12.7. The number of hydrogen-bond donors (Lipinski definition) is 0. The van der Waals surface area contributed by atoms with Crippen molar-refractivity contribution in [1.29, 1.82) is 0 Å². The second kappa shape index (κ2) is 14.4. The number of carbonyl (C=O) groups is 5. The van der Waals surface area contributed by atoms with Gasteiger partial charge in [0.1, 0.15) is 24.4 Å². The highest BCUT2D eigenvalue weighted by atomic mass is 16.6. The van der Waals surface area contributed by atoms with Crippen molar-refractivity contribution >= 4 is 29.7 Å². The van der Waals surface area contributed by atoms with Gasteiger partial charge in [0.15, 0.2) is 11.4 Å². The fraction of sp³-hybridized carbons (Fsp3) is 0.788. The van der Waals surface area contributed by atoms with Gasteiger partial charge in [-0.1, -0.05) is 52.2 Å². The van der Waals surface area contributed by atoms with E-state index in [-0.39, 0.29) is 31.0 Å². The van der Waals surface area contributed by atoms with Crippen LogP contribution in [0, 0.1) is 23.2 Å². The standard InChI is InChI=1S/C33H50O10/c1-9-11-12-14-28(36)41-23-18-25(40-22(6)34)32(7)24(42-27(35)13-10-2)16-15-19(3)17-26-33(43-26,21(5)31(38)39-8)30(37)29(32)20(23)4/h17,20-21,23-26,29H,9-16,18H2,1-8H3. The van der Waals surface area contributed by atoms with Gasteiger partial charge in [-0.15, -0.1) is 0 Å². The van der Waals surface area contributed by atoms with Crippen molar-refractivity contribution in [2.24, 2.45) is 23.2 Å². The first kappa shape index (κ1) is 34.7. The minimum absolute atomic E-state index is 0.140. The fourth-order valence-electron chi connectivity index (χ4n) is 7.18. The molecule has 43 heavy (non-hydrogen) atoms. The highest BCUT2D eigenvalue weighted by molar-refractivity contribution is 5.98. The topological polar surface area (TPSA) is 135 Å². The average Bonchev–Trinajstić information content (AvgIpc) is 3.66. The number of methoxy groups -OCH3 is 1. The summed E-state index contributed by atoms with van der Waals surface area (Å²) in [5.74, 6) is -4.79. The third kappa shape index (κ3) is 7.15. The van der Waals surface area contributed by atoms with E-state index in [4.69, 9.17) is 23.7 Å². The van der Waals surface area contributed by atoms with E-state index in [1.165, 1.54) is 14.0 Å². The summed E-state index contributed by atoms with van der Waals surface area (Å²) in [6.07, 6.45) is 3.29. The highest BCUT2D eigenvalue weighted by Gasteiger charge is 2.72. The molecule has 0 radical (unpaired) electrons. The van der Waals surface area contributed by atoms with Crippen molar-refractivity contribution in [3.63, 3.8) is 0 Å². The van der Waals surface area contributed by atoms with Crippen molar-refractivity contribution in [3.8, 4) is 0 Å². The summed E-state index contributed by atoms with van der Waals surface area (Å²) in [5.41, 5.74) is -1.83. The van der Waals surface area contributed by atoms with Gasteiger partial charge in [0.25, 0.3) is 0 Å². The van der Waals surface area contributed by atoms with E-state index in [0.29, 0.717) is 25.7 Å². The molecule has 3 aliphatic rings. The van der Waals surface area contributed by atoms with Gasteiger partial charge in [0, 0.05) is 38.0 Å². The molecule has 0 aromatic rings. The van der Waals surface area contributed by atoms with Crippen LogP contribution in [-0.4, -0.2) is 66.8 Å². The van der Waals surface area contributed by atoms with Gasteiger partial charge >= 0.3 is 23.9 Å². The van der Waals surface area contributed by atoms with Crippen LogP contribution in [0.3, 0.4) is 0 Å². The Bertz CT molecular complexity index is 1100. The first-order chi connectivity index (χ1) is 20.3. The summed E-state index contributed by atoms with van der Waals surface area (Å²) in [6.45, 7) is 12.4. The zero-order valence-electron chi connectivity index (χ0n) is 27.1. The molecular formula is C33H50O10. The van der Waals surface area contributed by atoms with Crippen molar-refractivity contribution < 1.29 is 47.7 Å². The predicted molar refractivity (Wildman–Crippen MR) is 157 cm³/mol. The summed E-state index contributed by atoms with van der Waals surface area (Å²) >= 11 is 0. The molecule has 1 heterocycles. The van der Waals surface area contributed by atoms with E-state index in [2.05, 4.69) is 0 Å². The zero-order chi connectivity index (χ0) is 32.1. The minimum atomic E-state index is -1.53. The number of hydrogen-bond acceptors (Lipinski definition) is 10. The molecule has 1 saturated carbocycles. The van der Waals surface area contributed by atoms with Gasteiger partial charge in [-0.3, -0.25) is 24.0 Å². The summed E-state index contributed by atoms with van der Waals surface area (Å²) in [5, 5.41) is 0. The summed E-state index contributed by atoms with van der Waals surface area (Å²) in [7, 11) is 1.26. The molecule has 0 N–H and O–H groups in total. The van der Waals surface area contributed by atoms with E-state index in [0.717, 1.165) is 18.4 Å². The van der Waals surface area contributed by atoms with E-state index < -0.39 is 71.1 Å². The van der Waals surface area contributed by atoms with Gasteiger partial charge in [0.2, 0.25) is 0 Å². The number of ketones is 1. The fourth-order valence-corrected chi connectivity index (χ4v) is 7.18. The quantitative estimate of drug-likeness (QED) is 0.103. The van der Waals surface area contributed by atoms with Crippen LogP contribution in [0.1, 0.15) is 106 Å². The average molecular weight is 607 g/mol. The lowest BCUT2D eigenvalue weighted by Gasteiger charge is -2.54. The Morgan fingerprint density at radius 3 is 2.30 bits per heavy atom. The van der Waals surface area contributed by atoms with Crippen molar-refractivity contribution in [2.75, 3.05) is 7.11 Å². The summed E-state index contributed by atoms with van der Waals surface area (Å²) in [4.78, 5) is 66.3. The van der Waals surface area contributed by atoms with E-state index >= 15 is 0 Å². The molecule has 2 aliphatic carbocycles. The van der Waals surface area contributed by atoms with Crippen LogP contribution in [0.25, 0.3) is 0 Å². The largest absolute Gasteiger partial charge is 0.469 e. The Balaban J connectivity index is 2.19. The maximum Gasteiger partial charge on any atom is 0.311 e. The van der Waals surface area contributed by atoms with Gasteiger partial charge in [-0.05, 0) is 39.5 Å². The minimum Gasteiger partial charge on any atom is -0.469 e. The molecular weight excluding hydrogens is 556 g/mol. The molecule has 0 aromatic heterocycles. The number of esters is 4. The number of allylic oxidation sites excluding steroid dienone is 1. The van der Waals surface area contributed by atoms with Gasteiger partial charge in [-0.25, -0.2) is 0 Å². The molecule has 2 fully saturated rings. The lowest BCUT2D eigenvalue weighted by atomic mass is 9.53. The van der Waals surface area contributed by atoms with E-state index in [1.54, 1.807) is 6.92 Å². The van der Waals surface area contributed by atoms with Crippen LogP contribution < -0.4 is 0 Å². The number of ether oxygens (including phenoxy) is 5. The predicted octanol–water partition coefficient (Wildman–Crippen LogP) is 5.04. The van der Waals surface area contributed by atoms with Crippen molar-refractivity contribution in [1.82, 2.24) is 0 Å². The van der Waals surface area contributed by atoms with E-state index in [9.17, 15) is 24.0 Å². The van der Waals surface area contributed by atoms with Crippen molar-refractivity contribution in [3.05, 3.63) is 11.6 Å².